The number of likely N-dealkylation sites (N-methyl/N-ethyl adjacent to an activating group) is 1. The van der Waals surface area contributed by atoms with Crippen LogP contribution in [0.15, 0.2) is 0 Å². The maximum Gasteiger partial charge on any atom is 0.410 e. The standard InChI is InChI=1S/C8H15NO4/c1-5-9(7(12)13-4)8(2,3)6(10)11/h5H2,1-4H3,(H,10,11). The zero-order chi connectivity index (χ0) is 10.6. The van der Waals surface area contributed by atoms with Gasteiger partial charge in [0.1, 0.15) is 5.54 Å². The van der Waals surface area contributed by atoms with Gasteiger partial charge in [-0.25, -0.2) is 9.59 Å². The van der Waals surface area contributed by atoms with Crippen molar-refractivity contribution in [2.24, 2.45) is 0 Å². The Bertz CT molecular complexity index is 212. The van der Waals surface area contributed by atoms with Crippen LogP contribution in [0.3, 0.4) is 0 Å². The molecule has 5 nitrogen and oxygen atoms in total. The highest BCUT2D eigenvalue weighted by molar-refractivity contribution is 5.83. The SMILES string of the molecule is CCN(C(=O)OC)C(C)(C)C(=O)O. The second-order valence-corrected chi connectivity index (χ2v) is 3.08. The van der Waals surface area contributed by atoms with E-state index in [-0.39, 0.29) is 0 Å². The second kappa shape index (κ2) is 4.11. The van der Waals surface area contributed by atoms with E-state index in [0.717, 1.165) is 4.90 Å². The molecule has 0 spiro atoms. The number of hydrogen-bond donors (Lipinski definition) is 1. The molecule has 0 saturated carbocycles. The average Bonchev–Trinajstić information content (AvgIpc) is 2.04. The molecule has 0 aromatic carbocycles. The summed E-state index contributed by atoms with van der Waals surface area (Å²) in [5.41, 5.74) is -1.23. The molecule has 0 saturated heterocycles. The van der Waals surface area contributed by atoms with Gasteiger partial charge in [0.05, 0.1) is 7.11 Å². The number of nitrogens with zero attached hydrogens (tertiary/aromatic N) is 1. The van der Waals surface area contributed by atoms with Crippen molar-refractivity contribution < 1.29 is 19.4 Å². The molecule has 0 aromatic heterocycles. The molecular formula is C8H15NO4. The van der Waals surface area contributed by atoms with Crippen molar-refractivity contribution in [3.05, 3.63) is 0 Å². The summed E-state index contributed by atoms with van der Waals surface area (Å²) in [5.74, 6) is -1.06. The Labute approximate surface area is 77.3 Å². The van der Waals surface area contributed by atoms with Crippen LogP contribution in [-0.2, 0) is 9.53 Å². The van der Waals surface area contributed by atoms with E-state index in [9.17, 15) is 9.59 Å². The van der Waals surface area contributed by atoms with Crippen LogP contribution in [0.5, 0.6) is 0 Å². The molecule has 76 valence electrons. The Balaban J connectivity index is 4.76. The van der Waals surface area contributed by atoms with Crippen LogP contribution >= 0.6 is 0 Å². The van der Waals surface area contributed by atoms with E-state index in [0.29, 0.717) is 6.54 Å². The quantitative estimate of drug-likeness (QED) is 0.717. The Morgan fingerprint density at radius 2 is 1.92 bits per heavy atom. The Kier molecular flexibility index (Phi) is 3.71. The summed E-state index contributed by atoms with van der Waals surface area (Å²) in [6, 6.07) is 0. The lowest BCUT2D eigenvalue weighted by atomic mass is 10.0. The number of ether oxygens (including phenoxy) is 1. The number of aliphatic carboxylic acids is 1. The molecule has 1 N–H and O–H groups in total. The van der Waals surface area contributed by atoms with Gasteiger partial charge in [0, 0.05) is 6.54 Å². The third-order valence-electron chi connectivity index (χ3n) is 1.91. The summed E-state index contributed by atoms with van der Waals surface area (Å²) >= 11 is 0. The van der Waals surface area contributed by atoms with Crippen LogP contribution in [0.4, 0.5) is 4.79 Å². The summed E-state index contributed by atoms with van der Waals surface area (Å²) in [7, 11) is 1.23. The molecule has 0 bridgehead atoms. The molecule has 0 aliphatic carbocycles. The molecule has 0 aliphatic rings. The zero-order valence-corrected chi connectivity index (χ0v) is 8.33. The van der Waals surface area contributed by atoms with Gasteiger partial charge in [-0.05, 0) is 20.8 Å². The molecule has 13 heavy (non-hydrogen) atoms. The fraction of sp³-hybridized carbons (Fsp3) is 0.750. The molecule has 1 amide bonds. The van der Waals surface area contributed by atoms with Crippen molar-refractivity contribution in [1.82, 2.24) is 4.90 Å². The van der Waals surface area contributed by atoms with E-state index in [4.69, 9.17) is 5.11 Å². The van der Waals surface area contributed by atoms with Crippen LogP contribution in [0.2, 0.25) is 0 Å². The Morgan fingerprint density at radius 3 is 2.15 bits per heavy atom. The highest BCUT2D eigenvalue weighted by atomic mass is 16.5. The lowest BCUT2D eigenvalue weighted by Crippen LogP contribution is -2.52. The molecule has 0 fully saturated rings. The second-order valence-electron chi connectivity index (χ2n) is 3.08. The van der Waals surface area contributed by atoms with Crippen molar-refractivity contribution in [3.63, 3.8) is 0 Å². The predicted octanol–water partition coefficient (Wildman–Crippen LogP) is 0.938. The Hall–Kier alpha value is -1.26. The van der Waals surface area contributed by atoms with E-state index in [2.05, 4.69) is 4.74 Å². The minimum absolute atomic E-state index is 0.298. The van der Waals surface area contributed by atoms with Crippen molar-refractivity contribution >= 4 is 12.1 Å². The molecule has 0 aromatic rings. The van der Waals surface area contributed by atoms with E-state index in [1.165, 1.54) is 21.0 Å². The number of rotatable bonds is 3. The van der Waals surface area contributed by atoms with Crippen molar-refractivity contribution in [3.8, 4) is 0 Å². The smallest absolute Gasteiger partial charge is 0.410 e. The van der Waals surface area contributed by atoms with Gasteiger partial charge >= 0.3 is 12.1 Å². The molecular weight excluding hydrogens is 174 g/mol. The highest BCUT2D eigenvalue weighted by Crippen LogP contribution is 2.15. The first-order valence-corrected chi connectivity index (χ1v) is 3.96. The number of hydrogen-bond acceptors (Lipinski definition) is 3. The molecule has 0 atom stereocenters. The van der Waals surface area contributed by atoms with Crippen LogP contribution in [0, 0.1) is 0 Å². The van der Waals surface area contributed by atoms with Crippen molar-refractivity contribution in [1.29, 1.82) is 0 Å². The summed E-state index contributed by atoms with van der Waals surface area (Å²) in [6.45, 7) is 4.90. The lowest BCUT2D eigenvalue weighted by Gasteiger charge is -2.32. The first-order chi connectivity index (χ1) is 5.87. The molecule has 5 heteroatoms. The van der Waals surface area contributed by atoms with Crippen molar-refractivity contribution in [2.45, 2.75) is 26.3 Å². The van der Waals surface area contributed by atoms with Gasteiger partial charge in [0.15, 0.2) is 0 Å². The molecule has 0 unspecified atom stereocenters. The summed E-state index contributed by atoms with van der Waals surface area (Å²) in [5, 5.41) is 8.84. The van der Waals surface area contributed by atoms with Gasteiger partial charge in [-0.3, -0.25) is 4.90 Å². The van der Waals surface area contributed by atoms with Gasteiger partial charge in [0.25, 0.3) is 0 Å². The van der Waals surface area contributed by atoms with E-state index < -0.39 is 17.6 Å². The highest BCUT2D eigenvalue weighted by Gasteiger charge is 2.37. The predicted molar refractivity (Wildman–Crippen MR) is 46.5 cm³/mol. The molecule has 0 heterocycles. The van der Waals surface area contributed by atoms with Crippen LogP contribution in [-0.4, -0.2) is 41.3 Å². The first kappa shape index (κ1) is 11.7. The monoisotopic (exact) mass is 189 g/mol. The van der Waals surface area contributed by atoms with Gasteiger partial charge in [0.2, 0.25) is 0 Å². The number of amides is 1. The fourth-order valence-corrected chi connectivity index (χ4v) is 0.978. The number of methoxy groups -OCH3 is 1. The molecule has 0 radical (unpaired) electrons. The molecule has 0 aliphatic heterocycles. The minimum atomic E-state index is -1.23. The number of carbonyl (C=O) groups is 2. The van der Waals surface area contributed by atoms with Crippen LogP contribution in [0.25, 0.3) is 0 Å². The fourth-order valence-electron chi connectivity index (χ4n) is 0.978. The minimum Gasteiger partial charge on any atom is -0.480 e. The maximum atomic E-state index is 11.1. The topological polar surface area (TPSA) is 66.8 Å². The average molecular weight is 189 g/mol. The maximum absolute atomic E-state index is 11.1. The Morgan fingerprint density at radius 1 is 1.46 bits per heavy atom. The first-order valence-electron chi connectivity index (χ1n) is 3.96. The van der Waals surface area contributed by atoms with Gasteiger partial charge in [-0.2, -0.15) is 0 Å². The van der Waals surface area contributed by atoms with Crippen LogP contribution in [0.1, 0.15) is 20.8 Å². The van der Waals surface area contributed by atoms with Crippen molar-refractivity contribution in [2.75, 3.05) is 13.7 Å². The van der Waals surface area contributed by atoms with E-state index in [1.54, 1.807) is 6.92 Å². The summed E-state index contributed by atoms with van der Waals surface area (Å²) < 4.78 is 4.46. The summed E-state index contributed by atoms with van der Waals surface area (Å²) in [6.07, 6.45) is -0.630. The van der Waals surface area contributed by atoms with Crippen LogP contribution < -0.4 is 0 Å². The number of carboxylic acid groups (broad SMARTS) is 1. The number of carbonyl (C=O) groups excluding carboxylic acids is 1. The zero-order valence-electron chi connectivity index (χ0n) is 8.33. The largest absolute Gasteiger partial charge is 0.480 e. The normalized spacial score (nSPS) is 10.8. The third-order valence-corrected chi connectivity index (χ3v) is 1.91. The third kappa shape index (κ3) is 2.34. The van der Waals surface area contributed by atoms with Gasteiger partial charge < -0.3 is 9.84 Å². The lowest BCUT2D eigenvalue weighted by molar-refractivity contribution is -0.148. The van der Waals surface area contributed by atoms with E-state index in [1.807, 2.05) is 0 Å². The molecule has 0 rings (SSSR count). The summed E-state index contributed by atoms with van der Waals surface area (Å²) in [4.78, 5) is 23.1. The van der Waals surface area contributed by atoms with Gasteiger partial charge in [-0.1, -0.05) is 0 Å². The van der Waals surface area contributed by atoms with Gasteiger partial charge in [-0.15, -0.1) is 0 Å². The number of carboxylic acids is 1. The van der Waals surface area contributed by atoms with E-state index >= 15 is 0 Å².